The highest BCUT2D eigenvalue weighted by atomic mass is 35.5. The minimum Gasteiger partial charge on any atom is -0.488 e. The van der Waals surface area contributed by atoms with Crippen LogP contribution in [-0.4, -0.2) is 45.8 Å². The molecule has 4 rings (SSSR count). The van der Waals surface area contributed by atoms with Gasteiger partial charge in [-0.25, -0.2) is 8.42 Å². The summed E-state index contributed by atoms with van der Waals surface area (Å²) in [5.41, 5.74) is 0.183. The SMILES string of the molecule is CN1CC[C@@H](Oc2cc(NS(=O)(=O)c3sc(Cl)cc3-c3ccc(C=O)cc3)ccc2C(F)(F)F)C1. The number of nitrogens with one attached hydrogen (secondary N) is 1. The second-order valence-corrected chi connectivity index (χ2v) is 11.7. The van der Waals surface area contributed by atoms with E-state index in [1.165, 1.54) is 18.2 Å². The first kappa shape index (κ1) is 25.5. The quantitative estimate of drug-likeness (QED) is 0.381. The van der Waals surface area contributed by atoms with Crippen molar-refractivity contribution >= 4 is 44.9 Å². The molecule has 2 heterocycles. The van der Waals surface area contributed by atoms with Gasteiger partial charge in [-0.15, -0.1) is 11.3 Å². The molecule has 1 atom stereocenters. The largest absolute Gasteiger partial charge is 0.488 e. The molecule has 1 N–H and O–H groups in total. The van der Waals surface area contributed by atoms with Crippen molar-refractivity contribution in [1.82, 2.24) is 4.90 Å². The Hall–Kier alpha value is -2.60. The molecule has 35 heavy (non-hydrogen) atoms. The Bertz CT molecular complexity index is 1340. The molecule has 1 aliphatic heterocycles. The van der Waals surface area contributed by atoms with E-state index in [-0.39, 0.29) is 14.2 Å². The summed E-state index contributed by atoms with van der Waals surface area (Å²) < 4.78 is 75.2. The van der Waals surface area contributed by atoms with Crippen molar-refractivity contribution in [3.05, 3.63) is 64.0 Å². The summed E-state index contributed by atoms with van der Waals surface area (Å²) in [6, 6.07) is 10.6. The van der Waals surface area contributed by atoms with E-state index in [0.29, 0.717) is 42.5 Å². The molecule has 186 valence electrons. The van der Waals surface area contributed by atoms with Gasteiger partial charge in [0.25, 0.3) is 10.0 Å². The lowest BCUT2D eigenvalue weighted by Crippen LogP contribution is -2.23. The van der Waals surface area contributed by atoms with Gasteiger partial charge in [-0.1, -0.05) is 35.9 Å². The zero-order valence-corrected chi connectivity index (χ0v) is 20.7. The monoisotopic (exact) mass is 544 g/mol. The molecule has 0 radical (unpaired) electrons. The predicted molar refractivity (Wildman–Crippen MR) is 129 cm³/mol. The van der Waals surface area contributed by atoms with E-state index < -0.39 is 33.6 Å². The third-order valence-corrected chi connectivity index (χ3v) is 8.63. The van der Waals surface area contributed by atoms with Crippen LogP contribution in [0, 0.1) is 0 Å². The average molecular weight is 545 g/mol. The molecule has 1 aromatic heterocycles. The lowest BCUT2D eigenvalue weighted by Gasteiger charge is -2.19. The standard InChI is InChI=1S/C23H20ClF3N2O4S2/c1-29-9-8-17(12-29)33-20-10-16(6-7-19(20)23(25,26)27)28-35(31,32)22-18(11-21(24)34-22)15-4-2-14(13-30)3-5-15/h2-7,10-11,13,17,28H,8-9,12H2,1H3/t17-/m1/s1. The van der Waals surface area contributed by atoms with E-state index in [4.69, 9.17) is 16.3 Å². The van der Waals surface area contributed by atoms with Crippen LogP contribution in [-0.2, 0) is 16.2 Å². The number of likely N-dealkylation sites (tertiary alicyclic amines) is 1. The van der Waals surface area contributed by atoms with Gasteiger partial charge < -0.3 is 9.64 Å². The van der Waals surface area contributed by atoms with Crippen LogP contribution in [0.2, 0.25) is 4.34 Å². The fourth-order valence-electron chi connectivity index (χ4n) is 3.78. The van der Waals surface area contributed by atoms with Gasteiger partial charge >= 0.3 is 6.18 Å². The van der Waals surface area contributed by atoms with Crippen LogP contribution in [0.5, 0.6) is 5.75 Å². The molecule has 1 aliphatic rings. The number of hydrogen-bond acceptors (Lipinski definition) is 6. The first-order valence-electron chi connectivity index (χ1n) is 10.4. The topological polar surface area (TPSA) is 75.7 Å². The number of thiophene rings is 1. The molecule has 2 aromatic carbocycles. The molecule has 12 heteroatoms. The van der Waals surface area contributed by atoms with E-state index in [1.54, 1.807) is 12.1 Å². The number of alkyl halides is 3. The maximum atomic E-state index is 13.6. The van der Waals surface area contributed by atoms with Gasteiger partial charge in [-0.05, 0) is 37.2 Å². The van der Waals surface area contributed by atoms with Crippen LogP contribution in [0.3, 0.4) is 0 Å². The Morgan fingerprint density at radius 2 is 1.89 bits per heavy atom. The number of hydrogen-bond donors (Lipinski definition) is 1. The van der Waals surface area contributed by atoms with E-state index >= 15 is 0 Å². The zero-order chi connectivity index (χ0) is 25.4. The van der Waals surface area contributed by atoms with Gasteiger partial charge in [-0.3, -0.25) is 9.52 Å². The third kappa shape index (κ3) is 5.80. The Labute approximate surface area is 209 Å². The van der Waals surface area contributed by atoms with Gasteiger partial charge in [-0.2, -0.15) is 13.2 Å². The Kier molecular flexibility index (Phi) is 7.14. The number of rotatable bonds is 7. The van der Waals surface area contributed by atoms with Gasteiger partial charge in [0.15, 0.2) is 0 Å². The summed E-state index contributed by atoms with van der Waals surface area (Å²) in [6.07, 6.45) is -3.88. The number of carbonyl (C=O) groups excluding carboxylic acids is 1. The summed E-state index contributed by atoms with van der Waals surface area (Å²) in [6.45, 7) is 1.15. The fourth-order valence-corrected chi connectivity index (χ4v) is 6.72. The van der Waals surface area contributed by atoms with Crippen molar-refractivity contribution in [3.8, 4) is 16.9 Å². The lowest BCUT2D eigenvalue weighted by molar-refractivity contribution is -0.139. The van der Waals surface area contributed by atoms with Crippen LogP contribution in [0.25, 0.3) is 11.1 Å². The number of ether oxygens (including phenoxy) is 1. The zero-order valence-electron chi connectivity index (χ0n) is 18.3. The number of aldehydes is 1. The van der Waals surface area contributed by atoms with Crippen molar-refractivity contribution < 1.29 is 31.1 Å². The van der Waals surface area contributed by atoms with Gasteiger partial charge in [0.2, 0.25) is 0 Å². The number of anilines is 1. The second kappa shape index (κ2) is 9.81. The summed E-state index contributed by atoms with van der Waals surface area (Å²) >= 11 is 6.92. The first-order chi connectivity index (χ1) is 16.5. The van der Waals surface area contributed by atoms with Crippen molar-refractivity contribution in [2.75, 3.05) is 24.9 Å². The number of sulfonamides is 1. The molecule has 0 spiro atoms. The third-order valence-electron chi connectivity index (χ3n) is 5.45. The first-order valence-corrected chi connectivity index (χ1v) is 13.1. The molecule has 3 aromatic rings. The number of likely N-dealkylation sites (N-methyl/N-ethyl adjacent to an activating group) is 1. The minimum absolute atomic E-state index is 0.0777. The highest BCUT2D eigenvalue weighted by Gasteiger charge is 2.36. The number of carbonyl (C=O) groups is 1. The predicted octanol–water partition coefficient (Wildman–Crippen LogP) is 5.78. The van der Waals surface area contributed by atoms with Crippen LogP contribution < -0.4 is 9.46 Å². The normalized spacial score (nSPS) is 16.9. The molecule has 0 aliphatic carbocycles. The van der Waals surface area contributed by atoms with Crippen molar-refractivity contribution in [1.29, 1.82) is 0 Å². The minimum atomic E-state index is -4.67. The molecule has 0 bridgehead atoms. The van der Waals surface area contributed by atoms with E-state index in [2.05, 4.69) is 4.72 Å². The highest BCUT2D eigenvalue weighted by molar-refractivity contribution is 7.94. The molecule has 6 nitrogen and oxygen atoms in total. The van der Waals surface area contributed by atoms with Crippen LogP contribution in [0.15, 0.2) is 52.7 Å². The van der Waals surface area contributed by atoms with E-state index in [9.17, 15) is 26.4 Å². The number of halogens is 4. The number of benzene rings is 2. The van der Waals surface area contributed by atoms with Crippen molar-refractivity contribution in [2.45, 2.75) is 22.9 Å². The Morgan fingerprint density at radius 1 is 1.17 bits per heavy atom. The maximum Gasteiger partial charge on any atom is 0.419 e. The fraction of sp³-hybridized carbons (Fsp3) is 0.261. The van der Waals surface area contributed by atoms with Gasteiger partial charge in [0.05, 0.1) is 15.6 Å². The molecule has 1 saturated heterocycles. The summed E-state index contributed by atoms with van der Waals surface area (Å²) in [5.74, 6) is -0.438. The molecule has 1 fully saturated rings. The summed E-state index contributed by atoms with van der Waals surface area (Å²) in [4.78, 5) is 12.9. The lowest BCUT2D eigenvalue weighted by atomic mass is 10.1. The van der Waals surface area contributed by atoms with Gasteiger partial charge in [0, 0.05) is 30.3 Å². The smallest absolute Gasteiger partial charge is 0.419 e. The summed E-state index contributed by atoms with van der Waals surface area (Å²) in [5, 5.41) is 0. The van der Waals surface area contributed by atoms with E-state index in [1.807, 2.05) is 11.9 Å². The van der Waals surface area contributed by atoms with Crippen LogP contribution in [0.4, 0.5) is 18.9 Å². The molecular formula is C23H20ClF3N2O4S2. The molecule has 0 unspecified atom stereocenters. The molecular weight excluding hydrogens is 525 g/mol. The highest BCUT2D eigenvalue weighted by Crippen LogP contribution is 2.41. The van der Waals surface area contributed by atoms with Crippen LogP contribution in [0.1, 0.15) is 22.3 Å². The second-order valence-electron chi connectivity index (χ2n) is 8.10. The van der Waals surface area contributed by atoms with Gasteiger partial charge in [0.1, 0.15) is 22.3 Å². The summed E-state index contributed by atoms with van der Waals surface area (Å²) in [7, 11) is -2.38. The average Bonchev–Trinajstić information content (AvgIpc) is 3.38. The Balaban J connectivity index is 1.67. The maximum absolute atomic E-state index is 13.6. The van der Waals surface area contributed by atoms with E-state index in [0.717, 1.165) is 29.5 Å². The number of nitrogens with zero attached hydrogens (tertiary/aromatic N) is 1. The molecule has 0 amide bonds. The van der Waals surface area contributed by atoms with Crippen molar-refractivity contribution in [3.63, 3.8) is 0 Å². The molecule has 0 saturated carbocycles. The Morgan fingerprint density at radius 3 is 2.49 bits per heavy atom. The van der Waals surface area contributed by atoms with Crippen LogP contribution >= 0.6 is 22.9 Å². The van der Waals surface area contributed by atoms with Crippen molar-refractivity contribution in [2.24, 2.45) is 0 Å².